The fourth-order valence-corrected chi connectivity index (χ4v) is 2.91. The second-order valence-corrected chi connectivity index (χ2v) is 6.70. The summed E-state index contributed by atoms with van der Waals surface area (Å²) in [6.45, 7) is 10.5. The molecule has 1 aliphatic rings. The van der Waals surface area contributed by atoms with Gasteiger partial charge in [0.25, 0.3) is 0 Å². The number of piperidine rings is 1. The van der Waals surface area contributed by atoms with Crippen LogP contribution in [0.2, 0.25) is 0 Å². The largest absolute Gasteiger partial charge is 0.388 e. The first-order valence-electron chi connectivity index (χ1n) is 7.34. The van der Waals surface area contributed by atoms with E-state index in [2.05, 4.69) is 42.0 Å². The zero-order valence-electron chi connectivity index (χ0n) is 12.7. The maximum atomic E-state index is 4.47. The van der Waals surface area contributed by atoms with Crippen molar-refractivity contribution in [1.82, 2.24) is 9.88 Å². The lowest BCUT2D eigenvalue weighted by Crippen LogP contribution is -2.37. The Morgan fingerprint density at radius 1 is 1.32 bits per heavy atom. The smallest absolute Gasteiger partial charge is 0.0564 e. The first kappa shape index (κ1) is 14.3. The van der Waals surface area contributed by atoms with Gasteiger partial charge in [0.1, 0.15) is 0 Å². The third-order valence-corrected chi connectivity index (χ3v) is 4.30. The normalized spacial score (nSPS) is 18.5. The van der Waals surface area contributed by atoms with E-state index in [-0.39, 0.29) is 0 Å². The molecule has 0 aliphatic carbocycles. The van der Waals surface area contributed by atoms with Crippen molar-refractivity contribution in [3.8, 4) is 0 Å². The van der Waals surface area contributed by atoms with Crippen molar-refractivity contribution in [3.63, 3.8) is 0 Å². The second kappa shape index (κ2) is 5.91. The van der Waals surface area contributed by atoms with E-state index in [0.29, 0.717) is 5.41 Å². The third-order valence-electron chi connectivity index (χ3n) is 4.30. The number of likely N-dealkylation sites (tertiary alicyclic amines) is 1. The first-order valence-corrected chi connectivity index (χ1v) is 7.34. The maximum absolute atomic E-state index is 4.47. The maximum Gasteiger partial charge on any atom is 0.0564 e. The van der Waals surface area contributed by atoms with Crippen LogP contribution >= 0.6 is 0 Å². The SMILES string of the molecule is CNc1ccnc(CN2CCC(C(C)(C)C)CC2)c1. The quantitative estimate of drug-likeness (QED) is 0.904. The molecule has 1 aromatic rings. The molecule has 0 radical (unpaired) electrons. The van der Waals surface area contributed by atoms with E-state index in [1.165, 1.54) is 31.6 Å². The number of hydrogen-bond acceptors (Lipinski definition) is 3. The second-order valence-electron chi connectivity index (χ2n) is 6.70. The van der Waals surface area contributed by atoms with Gasteiger partial charge in [0.15, 0.2) is 0 Å². The summed E-state index contributed by atoms with van der Waals surface area (Å²) in [4.78, 5) is 7.00. The van der Waals surface area contributed by atoms with Gasteiger partial charge in [0, 0.05) is 25.5 Å². The number of rotatable bonds is 3. The van der Waals surface area contributed by atoms with Crippen molar-refractivity contribution < 1.29 is 0 Å². The molecule has 2 rings (SSSR count). The molecule has 0 saturated carbocycles. The minimum Gasteiger partial charge on any atom is -0.388 e. The van der Waals surface area contributed by atoms with E-state index in [9.17, 15) is 0 Å². The zero-order valence-corrected chi connectivity index (χ0v) is 12.7. The summed E-state index contributed by atoms with van der Waals surface area (Å²) in [5, 5.41) is 3.17. The van der Waals surface area contributed by atoms with Crippen LogP contribution in [-0.2, 0) is 6.54 Å². The number of hydrogen-bond donors (Lipinski definition) is 1. The van der Waals surface area contributed by atoms with Crippen LogP contribution < -0.4 is 5.32 Å². The van der Waals surface area contributed by atoms with E-state index < -0.39 is 0 Å². The van der Waals surface area contributed by atoms with Gasteiger partial charge >= 0.3 is 0 Å². The van der Waals surface area contributed by atoms with E-state index in [4.69, 9.17) is 0 Å². The topological polar surface area (TPSA) is 28.2 Å². The molecule has 1 N–H and O–H groups in total. The highest BCUT2D eigenvalue weighted by atomic mass is 15.1. The van der Waals surface area contributed by atoms with Gasteiger partial charge in [-0.15, -0.1) is 0 Å². The van der Waals surface area contributed by atoms with Gasteiger partial charge in [-0.25, -0.2) is 0 Å². The summed E-state index contributed by atoms with van der Waals surface area (Å²) in [5.74, 6) is 0.861. The molecule has 0 unspecified atom stereocenters. The molecule has 106 valence electrons. The average molecular weight is 261 g/mol. The van der Waals surface area contributed by atoms with Gasteiger partial charge in [-0.1, -0.05) is 20.8 Å². The van der Waals surface area contributed by atoms with Crippen LogP contribution in [0.25, 0.3) is 0 Å². The molecule has 0 amide bonds. The van der Waals surface area contributed by atoms with E-state index in [1.807, 2.05) is 19.3 Å². The van der Waals surface area contributed by atoms with Gasteiger partial charge in [-0.2, -0.15) is 0 Å². The Kier molecular flexibility index (Phi) is 4.46. The summed E-state index contributed by atoms with van der Waals surface area (Å²) in [6.07, 6.45) is 4.52. The van der Waals surface area contributed by atoms with Crippen LogP contribution in [0.3, 0.4) is 0 Å². The molecule has 1 aromatic heterocycles. The highest BCUT2D eigenvalue weighted by molar-refractivity contribution is 5.42. The molecular weight excluding hydrogens is 234 g/mol. The summed E-state index contributed by atoms with van der Waals surface area (Å²) in [6, 6.07) is 4.16. The molecule has 0 bridgehead atoms. The van der Waals surface area contributed by atoms with Gasteiger partial charge in [-0.05, 0) is 49.4 Å². The Bertz CT molecular complexity index is 401. The molecule has 0 atom stereocenters. The van der Waals surface area contributed by atoms with Crippen molar-refractivity contribution in [1.29, 1.82) is 0 Å². The van der Waals surface area contributed by atoms with Crippen LogP contribution in [0.4, 0.5) is 5.69 Å². The first-order chi connectivity index (χ1) is 8.99. The standard InChI is InChI=1S/C16H27N3/c1-16(2,3)13-6-9-19(10-7-13)12-15-11-14(17-4)5-8-18-15/h5,8,11,13H,6-7,9-10,12H2,1-4H3,(H,17,18). The average Bonchev–Trinajstić information content (AvgIpc) is 2.38. The molecule has 0 aromatic carbocycles. The minimum atomic E-state index is 0.455. The van der Waals surface area contributed by atoms with Crippen LogP contribution in [0.1, 0.15) is 39.3 Å². The molecule has 1 saturated heterocycles. The molecular formula is C16H27N3. The predicted octanol–water partition coefficient (Wildman–Crippen LogP) is 3.38. The van der Waals surface area contributed by atoms with Gasteiger partial charge in [0.05, 0.1) is 5.69 Å². The molecule has 2 heterocycles. The van der Waals surface area contributed by atoms with Crippen molar-refractivity contribution >= 4 is 5.69 Å². The fraction of sp³-hybridized carbons (Fsp3) is 0.688. The molecule has 3 nitrogen and oxygen atoms in total. The lowest BCUT2D eigenvalue weighted by Gasteiger charge is -2.38. The van der Waals surface area contributed by atoms with Crippen molar-refractivity contribution in [2.75, 3.05) is 25.5 Å². The Hall–Kier alpha value is -1.09. The van der Waals surface area contributed by atoms with E-state index >= 15 is 0 Å². The van der Waals surface area contributed by atoms with Crippen LogP contribution in [0.15, 0.2) is 18.3 Å². The fourth-order valence-electron chi connectivity index (χ4n) is 2.91. The number of nitrogens with one attached hydrogen (secondary N) is 1. The van der Waals surface area contributed by atoms with E-state index in [0.717, 1.165) is 18.2 Å². The van der Waals surface area contributed by atoms with Gasteiger partial charge in [-0.3, -0.25) is 9.88 Å². The highest BCUT2D eigenvalue weighted by Gasteiger charge is 2.28. The van der Waals surface area contributed by atoms with Gasteiger partial charge < -0.3 is 5.32 Å². The highest BCUT2D eigenvalue weighted by Crippen LogP contribution is 2.34. The van der Waals surface area contributed by atoms with Crippen molar-refractivity contribution in [3.05, 3.63) is 24.0 Å². The summed E-state index contributed by atoms with van der Waals surface area (Å²) >= 11 is 0. The summed E-state index contributed by atoms with van der Waals surface area (Å²) in [7, 11) is 1.95. The molecule has 1 fully saturated rings. The predicted molar refractivity (Wildman–Crippen MR) is 81.2 cm³/mol. The molecule has 0 spiro atoms. The third kappa shape index (κ3) is 3.93. The monoisotopic (exact) mass is 261 g/mol. The Labute approximate surface area is 117 Å². The van der Waals surface area contributed by atoms with Gasteiger partial charge in [0.2, 0.25) is 0 Å². The lowest BCUT2D eigenvalue weighted by molar-refractivity contribution is 0.107. The van der Waals surface area contributed by atoms with Crippen LogP contribution in [-0.4, -0.2) is 30.0 Å². The number of nitrogens with zero attached hydrogens (tertiary/aromatic N) is 2. The Balaban J connectivity index is 1.88. The van der Waals surface area contributed by atoms with Crippen LogP contribution in [0, 0.1) is 11.3 Å². The number of aromatic nitrogens is 1. The molecule has 1 aliphatic heterocycles. The zero-order chi connectivity index (χ0) is 13.9. The van der Waals surface area contributed by atoms with Crippen LogP contribution in [0.5, 0.6) is 0 Å². The molecule has 3 heteroatoms. The number of anilines is 1. The molecule has 19 heavy (non-hydrogen) atoms. The van der Waals surface area contributed by atoms with E-state index in [1.54, 1.807) is 0 Å². The Morgan fingerprint density at radius 3 is 2.58 bits per heavy atom. The summed E-state index contributed by atoms with van der Waals surface area (Å²) in [5.41, 5.74) is 2.77. The summed E-state index contributed by atoms with van der Waals surface area (Å²) < 4.78 is 0. The Morgan fingerprint density at radius 2 is 2.00 bits per heavy atom. The van der Waals surface area contributed by atoms with Crippen molar-refractivity contribution in [2.45, 2.75) is 40.2 Å². The minimum absolute atomic E-state index is 0.455. The van der Waals surface area contributed by atoms with Crippen molar-refractivity contribution in [2.24, 2.45) is 11.3 Å². The lowest BCUT2D eigenvalue weighted by atomic mass is 9.75. The number of pyridine rings is 1.